The number of aromatic nitrogens is 3. The Labute approximate surface area is 107 Å². The van der Waals surface area contributed by atoms with Crippen LogP contribution in [0.2, 0.25) is 0 Å². The highest BCUT2D eigenvalue weighted by Crippen LogP contribution is 2.31. The van der Waals surface area contributed by atoms with E-state index in [4.69, 9.17) is 0 Å². The molecule has 2 unspecified atom stereocenters. The molecule has 2 atom stereocenters. The van der Waals surface area contributed by atoms with E-state index < -0.39 is 12.2 Å². The molecular weight excluding hydrogens is 286 g/mol. The summed E-state index contributed by atoms with van der Waals surface area (Å²) in [4.78, 5) is 0. The molecule has 5 nitrogen and oxygen atoms in total. The summed E-state index contributed by atoms with van der Waals surface area (Å²) in [6.45, 7) is 0. The lowest BCUT2D eigenvalue weighted by Crippen LogP contribution is -2.14. The maximum absolute atomic E-state index is 10.1. The average molecular weight is 298 g/mol. The summed E-state index contributed by atoms with van der Waals surface area (Å²) >= 11 is 3.19. The fourth-order valence-corrected chi connectivity index (χ4v) is 2.20. The molecule has 0 spiro atoms. The number of hydrogen-bond acceptors (Lipinski definition) is 4. The van der Waals surface area contributed by atoms with Gasteiger partial charge in [-0.25, -0.2) is 4.68 Å². The van der Waals surface area contributed by atoms with Crippen molar-refractivity contribution < 1.29 is 10.2 Å². The molecule has 0 aliphatic carbocycles. The number of halogens is 1. The highest BCUT2D eigenvalue weighted by atomic mass is 79.9. The molecule has 0 radical (unpaired) electrons. The molecule has 1 aromatic carbocycles. The van der Waals surface area contributed by atoms with Gasteiger partial charge >= 0.3 is 0 Å². The van der Waals surface area contributed by atoms with E-state index in [-0.39, 0.29) is 0 Å². The van der Waals surface area contributed by atoms with E-state index in [0.29, 0.717) is 15.9 Å². The predicted molar refractivity (Wildman–Crippen MR) is 65.1 cm³/mol. The van der Waals surface area contributed by atoms with Crippen LogP contribution in [0, 0.1) is 0 Å². The normalized spacial score (nSPS) is 14.6. The third-order valence-corrected chi connectivity index (χ3v) is 3.11. The van der Waals surface area contributed by atoms with E-state index >= 15 is 0 Å². The Balaban J connectivity index is 2.30. The lowest BCUT2D eigenvalue weighted by Gasteiger charge is -2.18. The summed E-state index contributed by atoms with van der Waals surface area (Å²) in [5, 5.41) is 27.7. The topological polar surface area (TPSA) is 71.2 Å². The van der Waals surface area contributed by atoms with Crippen molar-refractivity contribution in [2.75, 3.05) is 0 Å². The molecule has 2 aromatic rings. The molecule has 6 heteroatoms. The first-order chi connectivity index (χ1) is 8.11. The smallest absolute Gasteiger partial charge is 0.154 e. The largest absolute Gasteiger partial charge is 0.385 e. The van der Waals surface area contributed by atoms with Crippen LogP contribution in [0.4, 0.5) is 0 Å². The summed E-state index contributed by atoms with van der Waals surface area (Å²) in [7, 11) is 1.66. The number of benzene rings is 1. The molecule has 1 heterocycles. The lowest BCUT2D eigenvalue weighted by molar-refractivity contribution is 0.0119. The summed E-state index contributed by atoms with van der Waals surface area (Å²) < 4.78 is 1.86. The van der Waals surface area contributed by atoms with E-state index in [1.165, 1.54) is 4.68 Å². The van der Waals surface area contributed by atoms with E-state index in [1.54, 1.807) is 19.2 Å². The Hall–Kier alpha value is -1.24. The third kappa shape index (κ3) is 2.38. The molecule has 0 saturated carbocycles. The van der Waals surface area contributed by atoms with Gasteiger partial charge < -0.3 is 10.2 Å². The molecule has 90 valence electrons. The van der Waals surface area contributed by atoms with Crippen molar-refractivity contribution in [2.45, 2.75) is 12.2 Å². The second kappa shape index (κ2) is 4.95. The van der Waals surface area contributed by atoms with Gasteiger partial charge in [-0.3, -0.25) is 0 Å². The summed E-state index contributed by atoms with van der Waals surface area (Å²) in [6, 6.07) is 8.98. The van der Waals surface area contributed by atoms with Crippen LogP contribution in [-0.4, -0.2) is 25.2 Å². The predicted octanol–water partition coefficient (Wildman–Crippen LogP) is 1.34. The van der Waals surface area contributed by atoms with E-state index in [9.17, 15) is 10.2 Å². The Morgan fingerprint density at radius 1 is 1.18 bits per heavy atom. The van der Waals surface area contributed by atoms with Gasteiger partial charge in [0, 0.05) is 7.05 Å². The van der Waals surface area contributed by atoms with Crippen LogP contribution in [0.5, 0.6) is 0 Å². The number of aliphatic hydroxyl groups is 2. The maximum Gasteiger partial charge on any atom is 0.154 e. The molecule has 0 fully saturated rings. The van der Waals surface area contributed by atoms with E-state index in [1.807, 2.05) is 18.2 Å². The number of aliphatic hydroxyl groups excluding tert-OH is 2. The maximum atomic E-state index is 10.1. The fourth-order valence-electron chi connectivity index (χ4n) is 1.63. The molecule has 2 N–H and O–H groups in total. The first-order valence-electron chi connectivity index (χ1n) is 5.07. The van der Waals surface area contributed by atoms with Crippen molar-refractivity contribution in [3.8, 4) is 0 Å². The standard InChI is InChI=1S/C11H12BrN3O2/c1-15-8(11(12)13-14-15)10(17)9(16)7-5-3-2-4-6-7/h2-6,9-10,16-17H,1H3. The number of nitrogens with zero attached hydrogens (tertiary/aromatic N) is 3. The van der Waals surface area contributed by atoms with Gasteiger partial charge in [0.1, 0.15) is 17.9 Å². The first kappa shape index (κ1) is 12.2. The zero-order valence-electron chi connectivity index (χ0n) is 9.16. The van der Waals surface area contributed by atoms with E-state index in [2.05, 4.69) is 26.2 Å². The Bertz CT molecular complexity index is 481. The molecule has 0 saturated heterocycles. The van der Waals surface area contributed by atoms with Crippen molar-refractivity contribution in [3.63, 3.8) is 0 Å². The van der Waals surface area contributed by atoms with Crippen LogP contribution < -0.4 is 0 Å². The van der Waals surface area contributed by atoms with Crippen molar-refractivity contribution >= 4 is 15.9 Å². The third-order valence-electron chi connectivity index (χ3n) is 2.55. The molecular formula is C11H12BrN3O2. The lowest BCUT2D eigenvalue weighted by atomic mass is 10.0. The summed E-state index contributed by atoms with van der Waals surface area (Å²) in [5.74, 6) is 0. The Morgan fingerprint density at radius 2 is 1.82 bits per heavy atom. The fraction of sp³-hybridized carbons (Fsp3) is 0.273. The van der Waals surface area contributed by atoms with Crippen molar-refractivity contribution in [3.05, 3.63) is 46.2 Å². The first-order valence-corrected chi connectivity index (χ1v) is 5.86. The second-order valence-electron chi connectivity index (χ2n) is 3.69. The number of aryl methyl sites for hydroxylation is 1. The second-order valence-corrected chi connectivity index (χ2v) is 4.44. The van der Waals surface area contributed by atoms with Crippen LogP contribution >= 0.6 is 15.9 Å². The Kier molecular flexibility index (Phi) is 3.56. The van der Waals surface area contributed by atoms with Crippen LogP contribution in [-0.2, 0) is 7.05 Å². The minimum atomic E-state index is -1.08. The van der Waals surface area contributed by atoms with Crippen molar-refractivity contribution in [1.82, 2.24) is 15.0 Å². The van der Waals surface area contributed by atoms with Gasteiger partial charge in [0.25, 0.3) is 0 Å². The molecule has 0 aliphatic rings. The minimum Gasteiger partial charge on any atom is -0.385 e. The highest BCUT2D eigenvalue weighted by molar-refractivity contribution is 9.10. The zero-order chi connectivity index (χ0) is 12.4. The molecule has 1 aromatic heterocycles. The highest BCUT2D eigenvalue weighted by Gasteiger charge is 2.26. The molecule has 2 rings (SSSR count). The average Bonchev–Trinajstić information content (AvgIpc) is 2.68. The number of hydrogen-bond donors (Lipinski definition) is 2. The summed E-state index contributed by atoms with van der Waals surface area (Å²) in [5.41, 5.74) is 1.09. The van der Waals surface area contributed by atoms with Gasteiger partial charge in [-0.05, 0) is 21.5 Å². The molecule has 0 aliphatic heterocycles. The van der Waals surface area contributed by atoms with Crippen molar-refractivity contribution in [1.29, 1.82) is 0 Å². The molecule has 0 amide bonds. The summed E-state index contributed by atoms with van der Waals surface area (Å²) in [6.07, 6.45) is -2.09. The number of rotatable bonds is 3. The van der Waals surface area contributed by atoms with Gasteiger partial charge in [-0.2, -0.15) is 0 Å². The van der Waals surface area contributed by atoms with Gasteiger partial charge in [0.05, 0.1) is 0 Å². The van der Waals surface area contributed by atoms with Crippen molar-refractivity contribution in [2.24, 2.45) is 7.05 Å². The van der Waals surface area contributed by atoms with Gasteiger partial charge in [-0.15, -0.1) is 5.10 Å². The molecule has 17 heavy (non-hydrogen) atoms. The van der Waals surface area contributed by atoms with Gasteiger partial charge in [0.15, 0.2) is 4.60 Å². The van der Waals surface area contributed by atoms with Gasteiger partial charge in [-0.1, -0.05) is 35.5 Å². The van der Waals surface area contributed by atoms with Crippen LogP contribution in [0.3, 0.4) is 0 Å². The van der Waals surface area contributed by atoms with Gasteiger partial charge in [0.2, 0.25) is 0 Å². The monoisotopic (exact) mass is 297 g/mol. The van der Waals surface area contributed by atoms with Crippen LogP contribution in [0.1, 0.15) is 23.5 Å². The SMILES string of the molecule is Cn1nnc(Br)c1C(O)C(O)c1ccccc1. The minimum absolute atomic E-state index is 0.433. The van der Waals surface area contributed by atoms with Crippen LogP contribution in [0.15, 0.2) is 34.9 Å². The quantitative estimate of drug-likeness (QED) is 0.897. The van der Waals surface area contributed by atoms with E-state index in [0.717, 1.165) is 0 Å². The zero-order valence-corrected chi connectivity index (χ0v) is 10.7. The van der Waals surface area contributed by atoms with Crippen LogP contribution in [0.25, 0.3) is 0 Å². The molecule has 0 bridgehead atoms. The Morgan fingerprint density at radius 3 is 2.35 bits per heavy atom.